The van der Waals surface area contributed by atoms with Gasteiger partial charge >= 0.3 is 0 Å². The van der Waals surface area contributed by atoms with Crippen molar-refractivity contribution in [2.75, 3.05) is 6.54 Å². The molecule has 3 rings (SSSR count). The number of aryl methyl sites for hydroxylation is 2. The molecule has 2 heterocycles. The van der Waals surface area contributed by atoms with E-state index in [4.69, 9.17) is 4.98 Å². The van der Waals surface area contributed by atoms with Gasteiger partial charge in [-0.1, -0.05) is 11.8 Å². The van der Waals surface area contributed by atoms with Crippen molar-refractivity contribution in [1.82, 2.24) is 14.9 Å². The molecule has 7 heteroatoms. The number of carbonyl (C=O) groups excluding carboxylic acids is 1. The Morgan fingerprint density at radius 2 is 2.12 bits per heavy atom. The highest BCUT2D eigenvalue weighted by atomic mass is 32.2. The van der Waals surface area contributed by atoms with Crippen LogP contribution in [0.2, 0.25) is 0 Å². The van der Waals surface area contributed by atoms with Gasteiger partial charge in [0.25, 0.3) is 5.56 Å². The molecule has 1 atom stereocenters. The monoisotopic (exact) mass is 365 g/mol. The minimum atomic E-state index is -0.276. The van der Waals surface area contributed by atoms with Crippen molar-refractivity contribution in [3.63, 3.8) is 0 Å². The quantitative estimate of drug-likeness (QED) is 0.653. The van der Waals surface area contributed by atoms with Crippen molar-refractivity contribution in [1.29, 1.82) is 0 Å². The van der Waals surface area contributed by atoms with Gasteiger partial charge in [-0.25, -0.2) is 4.98 Å². The Labute approximate surface area is 149 Å². The van der Waals surface area contributed by atoms with Gasteiger partial charge in [-0.15, -0.1) is 11.3 Å². The summed E-state index contributed by atoms with van der Waals surface area (Å²) in [6.07, 6.45) is 4.38. The molecule has 24 heavy (non-hydrogen) atoms. The fraction of sp³-hybridized carbons (Fsp3) is 0.588. The number of amides is 1. The third kappa shape index (κ3) is 3.11. The average Bonchev–Trinajstić information content (AvgIpc) is 2.93. The number of carbonyl (C=O) groups is 1. The van der Waals surface area contributed by atoms with Gasteiger partial charge in [-0.05, 0) is 52.0 Å². The molecule has 1 aliphatic rings. The Morgan fingerprint density at radius 3 is 2.83 bits per heavy atom. The Bertz CT molecular complexity index is 825. The fourth-order valence-electron chi connectivity index (χ4n) is 3.12. The van der Waals surface area contributed by atoms with E-state index < -0.39 is 0 Å². The highest BCUT2D eigenvalue weighted by Gasteiger charge is 2.23. The number of nitrogens with zero attached hydrogens (tertiary/aromatic N) is 2. The van der Waals surface area contributed by atoms with Crippen LogP contribution in [-0.4, -0.2) is 27.3 Å². The second-order valence-corrected chi connectivity index (χ2v) is 8.38. The smallest absolute Gasteiger partial charge is 0.263 e. The predicted octanol–water partition coefficient (Wildman–Crippen LogP) is 2.97. The molecule has 0 aliphatic heterocycles. The molecule has 2 aromatic rings. The van der Waals surface area contributed by atoms with E-state index in [1.54, 1.807) is 15.9 Å². The number of fused-ring (bicyclic) bond motifs is 3. The van der Waals surface area contributed by atoms with Crippen LogP contribution in [0.3, 0.4) is 0 Å². The maximum absolute atomic E-state index is 13.0. The molecule has 5 nitrogen and oxygen atoms in total. The zero-order chi connectivity index (χ0) is 17.3. The number of hydrogen-bond acceptors (Lipinski definition) is 5. The summed E-state index contributed by atoms with van der Waals surface area (Å²) in [7, 11) is 0. The Hall–Kier alpha value is -1.34. The van der Waals surface area contributed by atoms with E-state index in [0.717, 1.165) is 29.5 Å². The van der Waals surface area contributed by atoms with E-state index in [1.165, 1.54) is 28.6 Å². The Balaban J connectivity index is 2.05. The van der Waals surface area contributed by atoms with Gasteiger partial charge in [0, 0.05) is 18.0 Å². The van der Waals surface area contributed by atoms with Gasteiger partial charge in [-0.3, -0.25) is 14.2 Å². The van der Waals surface area contributed by atoms with Crippen molar-refractivity contribution in [3.8, 4) is 0 Å². The van der Waals surface area contributed by atoms with Crippen LogP contribution in [0.25, 0.3) is 10.2 Å². The third-order valence-electron chi connectivity index (χ3n) is 4.36. The van der Waals surface area contributed by atoms with E-state index in [2.05, 4.69) is 5.32 Å². The van der Waals surface area contributed by atoms with Crippen LogP contribution in [-0.2, 0) is 24.2 Å². The number of rotatable bonds is 5. The Morgan fingerprint density at radius 1 is 1.38 bits per heavy atom. The predicted molar refractivity (Wildman–Crippen MR) is 100 cm³/mol. The maximum atomic E-state index is 13.0. The fourth-order valence-corrected chi connectivity index (χ4v) is 5.42. The number of thiophene rings is 1. The molecule has 1 aliphatic carbocycles. The average molecular weight is 366 g/mol. The number of aromatic nitrogens is 2. The van der Waals surface area contributed by atoms with Crippen molar-refractivity contribution in [2.45, 2.75) is 63.4 Å². The second kappa shape index (κ2) is 7.27. The van der Waals surface area contributed by atoms with Crippen LogP contribution in [0.4, 0.5) is 0 Å². The first-order valence-electron chi connectivity index (χ1n) is 8.56. The lowest BCUT2D eigenvalue weighted by atomic mass is 9.97. The van der Waals surface area contributed by atoms with Gasteiger partial charge < -0.3 is 5.32 Å². The van der Waals surface area contributed by atoms with E-state index in [9.17, 15) is 9.59 Å². The lowest BCUT2D eigenvalue weighted by molar-refractivity contribution is -0.120. The molecular formula is C17H23N3O2S2. The SMILES string of the molecule is CCNC(=O)[C@@H](C)Sc1nc2sc3c(c2c(=O)n1CC)CCCC3. The molecule has 1 amide bonds. The van der Waals surface area contributed by atoms with Crippen molar-refractivity contribution in [2.24, 2.45) is 0 Å². The lowest BCUT2D eigenvalue weighted by Gasteiger charge is -2.14. The summed E-state index contributed by atoms with van der Waals surface area (Å²) in [6.45, 7) is 6.88. The van der Waals surface area contributed by atoms with E-state index in [1.807, 2.05) is 20.8 Å². The van der Waals surface area contributed by atoms with Crippen molar-refractivity contribution in [3.05, 3.63) is 20.8 Å². The zero-order valence-electron chi connectivity index (χ0n) is 14.3. The van der Waals surface area contributed by atoms with E-state index in [0.29, 0.717) is 18.2 Å². The minimum absolute atomic E-state index is 0.0232. The molecule has 1 N–H and O–H groups in total. The van der Waals surface area contributed by atoms with Crippen LogP contribution in [0.15, 0.2) is 9.95 Å². The summed E-state index contributed by atoms with van der Waals surface area (Å²) in [5, 5.41) is 4.00. The molecule has 0 fully saturated rings. The highest BCUT2D eigenvalue weighted by molar-refractivity contribution is 8.00. The van der Waals surface area contributed by atoms with E-state index in [-0.39, 0.29) is 16.7 Å². The van der Waals surface area contributed by atoms with Gasteiger partial charge in [-0.2, -0.15) is 0 Å². The molecule has 0 aromatic carbocycles. The molecule has 0 radical (unpaired) electrons. The first-order valence-corrected chi connectivity index (χ1v) is 10.3. The first kappa shape index (κ1) is 17.5. The molecule has 2 aromatic heterocycles. The van der Waals surface area contributed by atoms with Crippen LogP contribution < -0.4 is 10.9 Å². The molecule has 0 spiro atoms. The topological polar surface area (TPSA) is 64.0 Å². The van der Waals surface area contributed by atoms with Crippen molar-refractivity contribution >= 4 is 39.2 Å². The molecule has 0 bridgehead atoms. The van der Waals surface area contributed by atoms with Crippen LogP contribution >= 0.6 is 23.1 Å². The van der Waals surface area contributed by atoms with Crippen molar-refractivity contribution < 1.29 is 4.79 Å². The maximum Gasteiger partial charge on any atom is 0.263 e. The largest absolute Gasteiger partial charge is 0.355 e. The van der Waals surface area contributed by atoms with Gasteiger partial charge in [0.1, 0.15) is 4.83 Å². The summed E-state index contributed by atoms with van der Waals surface area (Å²) in [6, 6.07) is 0. The second-order valence-electron chi connectivity index (χ2n) is 5.99. The van der Waals surface area contributed by atoms with Gasteiger partial charge in [0.05, 0.1) is 10.6 Å². The van der Waals surface area contributed by atoms with Crippen LogP contribution in [0.1, 0.15) is 44.1 Å². The number of nitrogens with one attached hydrogen (secondary N) is 1. The Kier molecular flexibility index (Phi) is 5.30. The number of hydrogen-bond donors (Lipinski definition) is 1. The summed E-state index contributed by atoms with van der Waals surface area (Å²) in [5.41, 5.74) is 1.27. The summed E-state index contributed by atoms with van der Waals surface area (Å²) >= 11 is 3.02. The minimum Gasteiger partial charge on any atom is -0.355 e. The summed E-state index contributed by atoms with van der Waals surface area (Å²) < 4.78 is 1.71. The van der Waals surface area contributed by atoms with Gasteiger partial charge in [0.2, 0.25) is 5.91 Å². The third-order valence-corrected chi connectivity index (χ3v) is 6.63. The zero-order valence-corrected chi connectivity index (χ0v) is 16.0. The lowest BCUT2D eigenvalue weighted by Crippen LogP contribution is -2.31. The summed E-state index contributed by atoms with van der Waals surface area (Å²) in [4.78, 5) is 31.9. The molecule has 130 valence electrons. The number of thioether (sulfide) groups is 1. The molecule has 0 saturated carbocycles. The molecule has 0 saturated heterocycles. The van der Waals surface area contributed by atoms with Crippen LogP contribution in [0, 0.1) is 0 Å². The highest BCUT2D eigenvalue weighted by Crippen LogP contribution is 2.35. The molecular weight excluding hydrogens is 342 g/mol. The standard InChI is InChI=1S/C17H23N3O2S2/c1-4-18-14(21)10(3)23-17-19-15-13(16(22)20(17)5-2)11-8-6-7-9-12(11)24-15/h10H,4-9H2,1-3H3,(H,18,21)/t10-/m1/s1. The van der Waals surface area contributed by atoms with Crippen LogP contribution in [0.5, 0.6) is 0 Å². The van der Waals surface area contributed by atoms with Gasteiger partial charge in [0.15, 0.2) is 5.16 Å². The van der Waals surface area contributed by atoms with E-state index >= 15 is 0 Å². The normalized spacial score (nSPS) is 15.3. The molecule has 0 unspecified atom stereocenters. The first-order chi connectivity index (χ1) is 11.6. The summed E-state index contributed by atoms with van der Waals surface area (Å²) in [5.74, 6) is -0.0232.